The van der Waals surface area contributed by atoms with Crippen molar-refractivity contribution < 1.29 is 16.0 Å². The molecule has 0 spiro atoms. The summed E-state index contributed by atoms with van der Waals surface area (Å²) in [5.74, 6) is 0.803. The molecule has 0 heterocycles. The summed E-state index contributed by atoms with van der Waals surface area (Å²) in [5, 5.41) is 0. The van der Waals surface area contributed by atoms with Gasteiger partial charge in [-0.1, -0.05) is 0 Å². The van der Waals surface area contributed by atoms with Crippen LogP contribution >= 0.6 is 0 Å². The molecule has 0 aromatic heterocycles. The van der Waals surface area contributed by atoms with Gasteiger partial charge in [-0.2, -0.15) is 0 Å². The maximum atomic E-state index is 5.20. The molecule has 1 aliphatic carbocycles. The van der Waals surface area contributed by atoms with E-state index in [9.17, 15) is 0 Å². The first kappa shape index (κ1) is 8.12. The summed E-state index contributed by atoms with van der Waals surface area (Å²) in [7, 11) is 0. The zero-order chi connectivity index (χ0) is 4.78. The van der Waals surface area contributed by atoms with E-state index in [1.54, 1.807) is 0 Å². The molecule has 0 radical (unpaired) electrons. The van der Waals surface area contributed by atoms with Crippen molar-refractivity contribution in [1.29, 1.82) is 0 Å². The first-order valence-electron chi connectivity index (χ1n) is 2.28. The van der Waals surface area contributed by atoms with Gasteiger partial charge in [0.2, 0.25) is 0 Å². The van der Waals surface area contributed by atoms with Gasteiger partial charge in [-0.15, -0.1) is 0 Å². The summed E-state index contributed by atoms with van der Waals surface area (Å²) in [6, 6.07) is 0. The molecule has 0 bridgehead atoms. The molecule has 2 heteroatoms. The van der Waals surface area contributed by atoms with E-state index in [1.165, 1.54) is 6.42 Å². The third-order valence-corrected chi connectivity index (χ3v) is 2.18. The Balaban J connectivity index is 0.000000360. The van der Waals surface area contributed by atoms with Crippen LogP contribution in [0.5, 0.6) is 0 Å². The SMILES string of the molecule is CC1C[C]1(C)[Cu].[LiH]. The third kappa shape index (κ3) is 1.82. The molecule has 1 rings (SSSR count). The minimum absolute atomic E-state index is 0. The average Bonchev–Trinajstić information content (AvgIpc) is 1.73. The van der Waals surface area contributed by atoms with E-state index < -0.39 is 0 Å². The van der Waals surface area contributed by atoms with Crippen LogP contribution in [0.3, 0.4) is 0 Å². The van der Waals surface area contributed by atoms with Crippen molar-refractivity contribution in [2.24, 2.45) is 5.92 Å². The summed E-state index contributed by atoms with van der Waals surface area (Å²) in [6.07, 6.45) is 1.24. The van der Waals surface area contributed by atoms with E-state index in [0.717, 1.165) is 5.92 Å². The van der Waals surface area contributed by atoms with Gasteiger partial charge < -0.3 is 0 Å². The van der Waals surface area contributed by atoms with Crippen LogP contribution in [0.4, 0.5) is 0 Å². The molecule has 0 N–H and O–H groups in total. The minimum atomic E-state index is 0. The van der Waals surface area contributed by atoms with Crippen molar-refractivity contribution >= 4 is 18.9 Å². The number of hydrogen-bond acceptors (Lipinski definition) is 0. The van der Waals surface area contributed by atoms with Gasteiger partial charge in [0.25, 0.3) is 0 Å². The van der Waals surface area contributed by atoms with Gasteiger partial charge in [0.1, 0.15) is 0 Å². The van der Waals surface area contributed by atoms with Crippen LogP contribution < -0.4 is 0 Å². The Morgan fingerprint density at radius 3 is 1.86 bits per heavy atom. The molecule has 1 saturated carbocycles. The Labute approximate surface area is 65.4 Å². The molecule has 7 heavy (non-hydrogen) atoms. The Bertz CT molecular complexity index is 70.5. The molecule has 0 amide bonds. The normalized spacial score (nSPS) is 47.7. The second-order valence-corrected chi connectivity index (χ2v) is 3.37. The van der Waals surface area contributed by atoms with Crippen LogP contribution in [0, 0.1) is 5.92 Å². The Hall–Kier alpha value is 1.12. The van der Waals surface area contributed by atoms with Gasteiger partial charge in [0, 0.05) is 0 Å². The standard InChI is InChI=1S/C5H9.Cu.Li.H/c1-4-3-5(4)2;;;/h4H,3H2,1-2H3;;;. The molecule has 0 saturated heterocycles. The molecule has 0 aliphatic heterocycles. The zero-order valence-corrected chi connectivity index (χ0v) is 5.03. The fourth-order valence-electron chi connectivity index (χ4n) is 0.516. The van der Waals surface area contributed by atoms with Gasteiger partial charge in [0.05, 0.1) is 0 Å². The van der Waals surface area contributed by atoms with Gasteiger partial charge in [-0.25, -0.2) is 0 Å². The van der Waals surface area contributed by atoms with E-state index in [2.05, 4.69) is 13.8 Å². The molecule has 1 fully saturated rings. The van der Waals surface area contributed by atoms with Gasteiger partial charge in [-0.05, 0) is 0 Å². The zero-order valence-electron chi connectivity index (χ0n) is 4.09. The second-order valence-electron chi connectivity index (χ2n) is 2.30. The fraction of sp³-hybridized carbons (Fsp3) is 1.00. The molecule has 0 nitrogen and oxygen atoms in total. The van der Waals surface area contributed by atoms with Gasteiger partial charge in [0.15, 0.2) is 0 Å². The predicted molar refractivity (Wildman–Crippen MR) is 29.3 cm³/mol. The second kappa shape index (κ2) is 2.15. The van der Waals surface area contributed by atoms with Crippen molar-refractivity contribution in [3.63, 3.8) is 0 Å². The van der Waals surface area contributed by atoms with Gasteiger partial charge >= 0.3 is 65.4 Å². The third-order valence-electron chi connectivity index (χ3n) is 1.52. The summed E-state index contributed by atoms with van der Waals surface area (Å²) >= 11 is 5.20. The molecular formula is C5H10CuLi. The van der Waals surface area contributed by atoms with Crippen LogP contribution in [0.2, 0.25) is 4.31 Å². The first-order chi connectivity index (χ1) is 2.63. The molecule has 0 aromatic carbocycles. The van der Waals surface area contributed by atoms with Crippen LogP contribution in [-0.4, -0.2) is 18.9 Å². The van der Waals surface area contributed by atoms with E-state index in [0.29, 0.717) is 0 Å². The molecule has 2 unspecified atom stereocenters. The van der Waals surface area contributed by atoms with Crippen LogP contribution in [0.15, 0.2) is 0 Å². The molecule has 1 aliphatic rings. The van der Waals surface area contributed by atoms with Crippen LogP contribution in [-0.2, 0) is 16.0 Å². The molecule has 42 valence electrons. The molecular weight excluding hydrogens is 131 g/mol. The Morgan fingerprint density at radius 1 is 1.71 bits per heavy atom. The summed E-state index contributed by atoms with van der Waals surface area (Å²) in [6.45, 7) is 4.32. The van der Waals surface area contributed by atoms with Crippen molar-refractivity contribution in [2.45, 2.75) is 24.6 Å². The Kier molecular flexibility index (Phi) is 2.50. The van der Waals surface area contributed by atoms with Crippen molar-refractivity contribution in [1.82, 2.24) is 0 Å². The van der Waals surface area contributed by atoms with Crippen molar-refractivity contribution in [2.75, 3.05) is 0 Å². The fourth-order valence-corrected chi connectivity index (χ4v) is 0.805. The topological polar surface area (TPSA) is 0 Å². The van der Waals surface area contributed by atoms with E-state index in [1.807, 2.05) is 0 Å². The van der Waals surface area contributed by atoms with E-state index >= 15 is 0 Å². The summed E-state index contributed by atoms with van der Waals surface area (Å²) in [5.41, 5.74) is 0. The number of hydrogen-bond donors (Lipinski definition) is 0. The van der Waals surface area contributed by atoms with Crippen LogP contribution in [0.1, 0.15) is 20.3 Å². The van der Waals surface area contributed by atoms with E-state index in [-0.39, 0.29) is 23.2 Å². The average molecular weight is 141 g/mol. The monoisotopic (exact) mass is 140 g/mol. The summed E-state index contributed by atoms with van der Waals surface area (Å²) < 4.78 is 0.271. The maximum absolute atomic E-state index is 5.20. The van der Waals surface area contributed by atoms with Gasteiger partial charge in [-0.3, -0.25) is 0 Å². The molecule has 2 atom stereocenters. The number of rotatable bonds is 0. The van der Waals surface area contributed by atoms with Crippen LogP contribution in [0.25, 0.3) is 0 Å². The predicted octanol–water partition coefficient (Wildman–Crippen LogP) is 1.10. The quantitative estimate of drug-likeness (QED) is 0.442. The van der Waals surface area contributed by atoms with Crippen molar-refractivity contribution in [3.8, 4) is 0 Å². The van der Waals surface area contributed by atoms with E-state index in [4.69, 9.17) is 16.0 Å². The first-order valence-corrected chi connectivity index (χ1v) is 2.75. The van der Waals surface area contributed by atoms with Crippen molar-refractivity contribution in [3.05, 3.63) is 0 Å². The molecule has 0 aromatic rings. The summed E-state index contributed by atoms with van der Waals surface area (Å²) in [4.78, 5) is 0. The Morgan fingerprint density at radius 2 is 1.86 bits per heavy atom.